The highest BCUT2D eigenvalue weighted by molar-refractivity contribution is 5.21. The summed E-state index contributed by atoms with van der Waals surface area (Å²) in [7, 11) is 1.72. The van der Waals surface area contributed by atoms with Crippen molar-refractivity contribution in [1.29, 1.82) is 0 Å². The van der Waals surface area contributed by atoms with E-state index in [0.29, 0.717) is 6.54 Å². The Bertz CT molecular complexity index is 322. The third kappa shape index (κ3) is 6.15. The van der Waals surface area contributed by atoms with Gasteiger partial charge in [-0.05, 0) is 25.8 Å². The summed E-state index contributed by atoms with van der Waals surface area (Å²) in [5, 5.41) is 9.53. The fraction of sp³-hybridized carbons (Fsp3) is 0.600. The van der Waals surface area contributed by atoms with Crippen molar-refractivity contribution in [3.05, 3.63) is 35.4 Å². The van der Waals surface area contributed by atoms with Gasteiger partial charge in [0.1, 0.15) is 0 Å². The first-order chi connectivity index (χ1) is 8.61. The third-order valence-corrected chi connectivity index (χ3v) is 2.87. The first kappa shape index (κ1) is 15.2. The molecule has 0 aromatic heterocycles. The molecular formula is C15H25NO2. The molecule has 0 heterocycles. The standard InChI is InChI=1S/C15H25NO2/c1-13-5-7-15(8-6-13)12-16(11-14(2)17)9-4-10-18-3/h5-8,14,17H,4,9-12H2,1-3H3/t14-/m0/s1. The lowest BCUT2D eigenvalue weighted by molar-refractivity contribution is 0.111. The SMILES string of the molecule is COCCCN(Cc1ccc(C)cc1)C[C@H](C)O. The van der Waals surface area contributed by atoms with Crippen LogP contribution in [0.5, 0.6) is 0 Å². The molecule has 3 heteroatoms. The molecule has 102 valence electrons. The van der Waals surface area contributed by atoms with Crippen LogP contribution < -0.4 is 0 Å². The third-order valence-electron chi connectivity index (χ3n) is 2.87. The largest absolute Gasteiger partial charge is 0.392 e. The molecule has 0 aliphatic rings. The number of aliphatic hydroxyl groups excluding tert-OH is 1. The summed E-state index contributed by atoms with van der Waals surface area (Å²) in [5.41, 5.74) is 2.57. The lowest BCUT2D eigenvalue weighted by atomic mass is 10.1. The molecule has 0 unspecified atom stereocenters. The summed E-state index contributed by atoms with van der Waals surface area (Å²) in [6, 6.07) is 8.57. The van der Waals surface area contributed by atoms with Crippen molar-refractivity contribution in [2.24, 2.45) is 0 Å². The average molecular weight is 251 g/mol. The van der Waals surface area contributed by atoms with Crippen LogP contribution in [-0.2, 0) is 11.3 Å². The molecule has 0 amide bonds. The molecule has 0 aliphatic heterocycles. The molecule has 1 atom stereocenters. The minimum Gasteiger partial charge on any atom is -0.392 e. The number of benzene rings is 1. The molecule has 0 spiro atoms. The molecule has 1 N–H and O–H groups in total. The molecule has 3 nitrogen and oxygen atoms in total. The van der Waals surface area contributed by atoms with Crippen LogP contribution in [-0.4, -0.2) is 42.9 Å². The summed E-state index contributed by atoms with van der Waals surface area (Å²) >= 11 is 0. The van der Waals surface area contributed by atoms with Gasteiger partial charge in [-0.1, -0.05) is 29.8 Å². The van der Waals surface area contributed by atoms with Crippen molar-refractivity contribution in [2.75, 3.05) is 26.8 Å². The first-order valence-electron chi connectivity index (χ1n) is 6.56. The van der Waals surface area contributed by atoms with Gasteiger partial charge in [-0.2, -0.15) is 0 Å². The van der Waals surface area contributed by atoms with Crippen LogP contribution in [0.15, 0.2) is 24.3 Å². The van der Waals surface area contributed by atoms with Crippen LogP contribution in [0.25, 0.3) is 0 Å². The zero-order valence-electron chi connectivity index (χ0n) is 11.7. The van der Waals surface area contributed by atoms with E-state index in [2.05, 4.69) is 36.1 Å². The Morgan fingerprint density at radius 3 is 2.50 bits per heavy atom. The molecule has 1 aromatic carbocycles. The normalized spacial score (nSPS) is 12.9. The van der Waals surface area contributed by atoms with Gasteiger partial charge in [0.2, 0.25) is 0 Å². The van der Waals surface area contributed by atoms with E-state index in [1.165, 1.54) is 11.1 Å². The van der Waals surface area contributed by atoms with E-state index in [4.69, 9.17) is 4.74 Å². The second-order valence-corrected chi connectivity index (χ2v) is 4.92. The Morgan fingerprint density at radius 2 is 1.94 bits per heavy atom. The summed E-state index contributed by atoms with van der Waals surface area (Å²) in [6.07, 6.45) is 0.702. The van der Waals surface area contributed by atoms with Crippen LogP contribution in [0.2, 0.25) is 0 Å². The fourth-order valence-corrected chi connectivity index (χ4v) is 1.99. The molecule has 1 rings (SSSR count). The second kappa shape index (κ2) is 8.25. The highest BCUT2D eigenvalue weighted by Crippen LogP contribution is 2.08. The Balaban J connectivity index is 2.51. The molecule has 1 aromatic rings. The lowest BCUT2D eigenvalue weighted by Crippen LogP contribution is -2.32. The van der Waals surface area contributed by atoms with E-state index in [9.17, 15) is 5.11 Å². The second-order valence-electron chi connectivity index (χ2n) is 4.92. The Labute approximate surface area is 110 Å². The maximum Gasteiger partial charge on any atom is 0.0639 e. The monoisotopic (exact) mass is 251 g/mol. The maximum absolute atomic E-state index is 9.53. The molecule has 18 heavy (non-hydrogen) atoms. The van der Waals surface area contributed by atoms with Crippen molar-refractivity contribution in [2.45, 2.75) is 32.9 Å². The van der Waals surface area contributed by atoms with Crippen molar-refractivity contribution in [3.8, 4) is 0 Å². The van der Waals surface area contributed by atoms with Crippen LogP contribution >= 0.6 is 0 Å². The number of hydrogen-bond acceptors (Lipinski definition) is 3. The zero-order chi connectivity index (χ0) is 13.4. The summed E-state index contributed by atoms with van der Waals surface area (Å²) in [4.78, 5) is 2.27. The molecule has 0 fully saturated rings. The number of aliphatic hydroxyl groups is 1. The molecule has 0 saturated heterocycles. The van der Waals surface area contributed by atoms with Gasteiger partial charge in [0.05, 0.1) is 6.10 Å². The first-order valence-corrected chi connectivity index (χ1v) is 6.56. The lowest BCUT2D eigenvalue weighted by Gasteiger charge is -2.23. The Morgan fingerprint density at radius 1 is 1.28 bits per heavy atom. The van der Waals surface area contributed by atoms with Crippen molar-refractivity contribution in [1.82, 2.24) is 4.90 Å². The molecule has 0 saturated carbocycles. The fourth-order valence-electron chi connectivity index (χ4n) is 1.99. The number of ether oxygens (including phenoxy) is 1. The van der Waals surface area contributed by atoms with Gasteiger partial charge in [-0.25, -0.2) is 0 Å². The number of hydrogen-bond donors (Lipinski definition) is 1. The van der Waals surface area contributed by atoms with Crippen molar-refractivity contribution in [3.63, 3.8) is 0 Å². The topological polar surface area (TPSA) is 32.7 Å². The summed E-state index contributed by atoms with van der Waals surface area (Å²) in [5.74, 6) is 0. The summed E-state index contributed by atoms with van der Waals surface area (Å²) in [6.45, 7) is 7.23. The molecule has 0 aliphatic carbocycles. The van der Waals surface area contributed by atoms with Crippen LogP contribution in [0.3, 0.4) is 0 Å². The number of rotatable bonds is 8. The Kier molecular flexibility index (Phi) is 6.94. The average Bonchev–Trinajstić information content (AvgIpc) is 2.31. The van der Waals surface area contributed by atoms with Crippen molar-refractivity contribution < 1.29 is 9.84 Å². The van der Waals surface area contributed by atoms with E-state index in [0.717, 1.165) is 26.1 Å². The minimum absolute atomic E-state index is 0.294. The van der Waals surface area contributed by atoms with E-state index < -0.39 is 0 Å². The molecule has 0 bridgehead atoms. The molecular weight excluding hydrogens is 226 g/mol. The van der Waals surface area contributed by atoms with Crippen LogP contribution in [0.4, 0.5) is 0 Å². The predicted molar refractivity (Wildman–Crippen MR) is 74.6 cm³/mol. The van der Waals surface area contributed by atoms with Gasteiger partial charge in [-0.15, -0.1) is 0 Å². The van der Waals surface area contributed by atoms with Gasteiger partial charge < -0.3 is 9.84 Å². The smallest absolute Gasteiger partial charge is 0.0639 e. The molecule has 0 radical (unpaired) electrons. The van der Waals surface area contributed by atoms with E-state index in [1.54, 1.807) is 7.11 Å². The summed E-state index contributed by atoms with van der Waals surface area (Å²) < 4.78 is 5.07. The van der Waals surface area contributed by atoms with Crippen LogP contribution in [0, 0.1) is 6.92 Å². The van der Waals surface area contributed by atoms with E-state index >= 15 is 0 Å². The van der Waals surface area contributed by atoms with E-state index in [1.807, 2.05) is 6.92 Å². The number of nitrogens with zero attached hydrogens (tertiary/aromatic N) is 1. The van der Waals surface area contributed by atoms with Gasteiger partial charge in [0.25, 0.3) is 0 Å². The highest BCUT2D eigenvalue weighted by atomic mass is 16.5. The van der Waals surface area contributed by atoms with Gasteiger partial charge >= 0.3 is 0 Å². The van der Waals surface area contributed by atoms with Gasteiger partial charge in [0, 0.05) is 33.4 Å². The highest BCUT2D eigenvalue weighted by Gasteiger charge is 2.08. The zero-order valence-corrected chi connectivity index (χ0v) is 11.7. The number of aryl methyl sites for hydroxylation is 1. The van der Waals surface area contributed by atoms with Crippen molar-refractivity contribution >= 4 is 0 Å². The minimum atomic E-state index is -0.294. The van der Waals surface area contributed by atoms with Crippen LogP contribution in [0.1, 0.15) is 24.5 Å². The predicted octanol–water partition coefficient (Wildman–Crippen LogP) is 2.21. The number of methoxy groups -OCH3 is 1. The van der Waals surface area contributed by atoms with Gasteiger partial charge in [-0.3, -0.25) is 4.90 Å². The maximum atomic E-state index is 9.53. The van der Waals surface area contributed by atoms with E-state index in [-0.39, 0.29) is 6.10 Å². The van der Waals surface area contributed by atoms with Gasteiger partial charge in [0.15, 0.2) is 0 Å². The Hall–Kier alpha value is -0.900. The quantitative estimate of drug-likeness (QED) is 0.719.